The topological polar surface area (TPSA) is 29.3 Å². The maximum absolute atomic E-state index is 5.94. The lowest BCUT2D eigenvalue weighted by atomic mass is 10.1. The first kappa shape index (κ1) is 12.5. The molecule has 0 aromatic heterocycles. The molecule has 2 nitrogen and oxygen atoms in total. The number of aryl methyl sites for hydroxylation is 2. The molecule has 2 rings (SSSR count). The highest BCUT2D eigenvalue weighted by Crippen LogP contribution is 2.19. The van der Waals surface area contributed by atoms with Gasteiger partial charge in [-0.3, -0.25) is 0 Å². The number of hydrogen-bond acceptors (Lipinski definition) is 2. The normalized spacial score (nSPS) is 10.4. The van der Waals surface area contributed by atoms with E-state index in [0.29, 0.717) is 0 Å². The summed E-state index contributed by atoms with van der Waals surface area (Å²) in [6.45, 7) is 5.01. The van der Waals surface area contributed by atoms with Crippen LogP contribution in [-0.2, 0) is 6.54 Å². The molecular formula is C16H20N2. The maximum Gasteiger partial charge on any atom is 0.0426 e. The van der Waals surface area contributed by atoms with E-state index < -0.39 is 0 Å². The van der Waals surface area contributed by atoms with Crippen LogP contribution in [0.3, 0.4) is 0 Å². The van der Waals surface area contributed by atoms with E-state index in [1.807, 2.05) is 6.92 Å². The molecule has 0 saturated carbocycles. The smallest absolute Gasteiger partial charge is 0.0426 e. The van der Waals surface area contributed by atoms with Crippen molar-refractivity contribution >= 4 is 11.4 Å². The van der Waals surface area contributed by atoms with Gasteiger partial charge in [0.1, 0.15) is 0 Å². The largest absolute Gasteiger partial charge is 0.399 e. The van der Waals surface area contributed by atoms with Gasteiger partial charge < -0.3 is 10.6 Å². The van der Waals surface area contributed by atoms with Crippen LogP contribution in [0.2, 0.25) is 0 Å². The molecule has 94 valence electrons. The van der Waals surface area contributed by atoms with Crippen LogP contribution in [0.1, 0.15) is 16.7 Å². The zero-order chi connectivity index (χ0) is 13.1. The van der Waals surface area contributed by atoms with Gasteiger partial charge in [0.15, 0.2) is 0 Å². The van der Waals surface area contributed by atoms with Crippen LogP contribution in [0.5, 0.6) is 0 Å². The van der Waals surface area contributed by atoms with Crippen LogP contribution < -0.4 is 10.6 Å². The van der Waals surface area contributed by atoms with E-state index in [9.17, 15) is 0 Å². The van der Waals surface area contributed by atoms with Crippen molar-refractivity contribution in [2.24, 2.45) is 0 Å². The standard InChI is InChI=1S/C16H20N2/c1-12-5-4-6-15(9-12)18(3)11-14-8-7-13(2)16(17)10-14/h4-10H,11,17H2,1-3H3. The fourth-order valence-corrected chi connectivity index (χ4v) is 2.02. The highest BCUT2D eigenvalue weighted by atomic mass is 15.1. The highest BCUT2D eigenvalue weighted by molar-refractivity contribution is 5.51. The van der Waals surface area contributed by atoms with Gasteiger partial charge in [-0.1, -0.05) is 24.3 Å². The van der Waals surface area contributed by atoms with Crippen molar-refractivity contribution in [1.29, 1.82) is 0 Å². The molecule has 0 aliphatic heterocycles. The molecule has 0 aliphatic carbocycles. The number of nitrogens with two attached hydrogens (primary N) is 1. The van der Waals surface area contributed by atoms with Gasteiger partial charge in [0.2, 0.25) is 0 Å². The van der Waals surface area contributed by atoms with E-state index in [4.69, 9.17) is 5.73 Å². The SMILES string of the molecule is Cc1cccc(N(C)Cc2ccc(C)c(N)c2)c1. The second kappa shape index (κ2) is 5.13. The summed E-state index contributed by atoms with van der Waals surface area (Å²) in [5.74, 6) is 0. The summed E-state index contributed by atoms with van der Waals surface area (Å²) in [5.41, 5.74) is 11.7. The van der Waals surface area contributed by atoms with Gasteiger partial charge in [0.25, 0.3) is 0 Å². The van der Waals surface area contributed by atoms with Crippen molar-refractivity contribution in [3.63, 3.8) is 0 Å². The van der Waals surface area contributed by atoms with Crippen LogP contribution in [0.15, 0.2) is 42.5 Å². The molecule has 0 heterocycles. The fourth-order valence-electron chi connectivity index (χ4n) is 2.02. The molecule has 0 amide bonds. The molecule has 0 fully saturated rings. The van der Waals surface area contributed by atoms with Gasteiger partial charge >= 0.3 is 0 Å². The van der Waals surface area contributed by atoms with E-state index in [-0.39, 0.29) is 0 Å². The Morgan fingerprint density at radius 3 is 2.50 bits per heavy atom. The molecule has 0 atom stereocenters. The Bertz CT molecular complexity index is 547. The number of benzene rings is 2. The predicted molar refractivity (Wildman–Crippen MR) is 78.9 cm³/mol. The third-order valence-electron chi connectivity index (χ3n) is 3.21. The first-order chi connectivity index (χ1) is 8.56. The van der Waals surface area contributed by atoms with Gasteiger partial charge in [-0.25, -0.2) is 0 Å². The molecule has 0 spiro atoms. The van der Waals surface area contributed by atoms with Gasteiger partial charge in [-0.05, 0) is 48.7 Å². The summed E-state index contributed by atoms with van der Waals surface area (Å²) < 4.78 is 0. The van der Waals surface area contributed by atoms with Gasteiger partial charge in [-0.2, -0.15) is 0 Å². The minimum Gasteiger partial charge on any atom is -0.399 e. The lowest BCUT2D eigenvalue weighted by Crippen LogP contribution is -2.16. The fraction of sp³-hybridized carbons (Fsp3) is 0.250. The Labute approximate surface area is 109 Å². The number of nitrogen functional groups attached to an aromatic ring is 1. The number of hydrogen-bond donors (Lipinski definition) is 1. The Morgan fingerprint density at radius 1 is 1.06 bits per heavy atom. The van der Waals surface area contributed by atoms with Crippen molar-refractivity contribution in [2.75, 3.05) is 17.7 Å². The molecule has 0 aliphatic rings. The zero-order valence-electron chi connectivity index (χ0n) is 11.3. The quantitative estimate of drug-likeness (QED) is 0.832. The molecule has 2 aromatic rings. The molecule has 0 unspecified atom stereocenters. The van der Waals surface area contributed by atoms with Crippen LogP contribution in [0.25, 0.3) is 0 Å². The van der Waals surface area contributed by atoms with Crippen molar-refractivity contribution in [3.05, 3.63) is 59.2 Å². The average molecular weight is 240 g/mol. The van der Waals surface area contributed by atoms with Crippen LogP contribution in [-0.4, -0.2) is 7.05 Å². The van der Waals surface area contributed by atoms with Crippen molar-refractivity contribution < 1.29 is 0 Å². The van der Waals surface area contributed by atoms with Gasteiger partial charge in [0.05, 0.1) is 0 Å². The second-order valence-electron chi connectivity index (χ2n) is 4.89. The summed E-state index contributed by atoms with van der Waals surface area (Å²) >= 11 is 0. The van der Waals surface area contributed by atoms with E-state index >= 15 is 0 Å². The van der Waals surface area contributed by atoms with Crippen molar-refractivity contribution in [3.8, 4) is 0 Å². The molecule has 0 radical (unpaired) electrons. The highest BCUT2D eigenvalue weighted by Gasteiger charge is 2.03. The Kier molecular flexibility index (Phi) is 3.56. The molecule has 0 bridgehead atoms. The lowest BCUT2D eigenvalue weighted by Gasteiger charge is -2.20. The van der Waals surface area contributed by atoms with E-state index in [2.05, 4.69) is 61.3 Å². The average Bonchev–Trinajstić information content (AvgIpc) is 2.34. The first-order valence-electron chi connectivity index (χ1n) is 6.19. The Hall–Kier alpha value is -1.96. The Morgan fingerprint density at radius 2 is 1.83 bits per heavy atom. The van der Waals surface area contributed by atoms with Crippen LogP contribution in [0.4, 0.5) is 11.4 Å². The molecule has 18 heavy (non-hydrogen) atoms. The van der Waals surface area contributed by atoms with Gasteiger partial charge in [0, 0.05) is 25.0 Å². The van der Waals surface area contributed by atoms with E-state index in [1.165, 1.54) is 16.8 Å². The zero-order valence-corrected chi connectivity index (χ0v) is 11.3. The summed E-state index contributed by atoms with van der Waals surface area (Å²) in [6, 6.07) is 14.8. The van der Waals surface area contributed by atoms with E-state index in [1.54, 1.807) is 0 Å². The third-order valence-corrected chi connectivity index (χ3v) is 3.21. The predicted octanol–water partition coefficient (Wildman–Crippen LogP) is 3.52. The molecule has 2 N–H and O–H groups in total. The van der Waals surface area contributed by atoms with Crippen molar-refractivity contribution in [1.82, 2.24) is 0 Å². The van der Waals surface area contributed by atoms with Crippen LogP contribution in [0, 0.1) is 13.8 Å². The third kappa shape index (κ3) is 2.83. The van der Waals surface area contributed by atoms with Crippen molar-refractivity contribution in [2.45, 2.75) is 20.4 Å². The second-order valence-corrected chi connectivity index (χ2v) is 4.89. The van der Waals surface area contributed by atoms with E-state index in [0.717, 1.165) is 17.8 Å². The monoisotopic (exact) mass is 240 g/mol. The first-order valence-corrected chi connectivity index (χ1v) is 6.19. The lowest BCUT2D eigenvalue weighted by molar-refractivity contribution is 0.922. The summed E-state index contributed by atoms with van der Waals surface area (Å²) in [5, 5.41) is 0. The summed E-state index contributed by atoms with van der Waals surface area (Å²) in [4.78, 5) is 2.23. The Balaban J connectivity index is 2.16. The minimum atomic E-state index is 0.866. The van der Waals surface area contributed by atoms with Gasteiger partial charge in [-0.15, -0.1) is 0 Å². The molecular weight excluding hydrogens is 220 g/mol. The maximum atomic E-state index is 5.94. The molecule has 2 aromatic carbocycles. The summed E-state index contributed by atoms with van der Waals surface area (Å²) in [7, 11) is 2.10. The summed E-state index contributed by atoms with van der Waals surface area (Å²) in [6.07, 6.45) is 0. The number of rotatable bonds is 3. The number of anilines is 2. The number of nitrogens with zero attached hydrogens (tertiary/aromatic N) is 1. The molecule has 2 heteroatoms. The van der Waals surface area contributed by atoms with Crippen LogP contribution >= 0.6 is 0 Å². The minimum absolute atomic E-state index is 0.866. The molecule has 0 saturated heterocycles.